The maximum Gasteiger partial charge on any atom is 0.264 e. The van der Waals surface area contributed by atoms with Gasteiger partial charge in [-0.1, -0.05) is 24.3 Å². The van der Waals surface area contributed by atoms with Crippen LogP contribution in [0, 0.1) is 0 Å². The highest BCUT2D eigenvalue weighted by Crippen LogP contribution is 2.33. The van der Waals surface area contributed by atoms with Gasteiger partial charge in [0.2, 0.25) is 0 Å². The maximum atomic E-state index is 13.3. The fraction of sp³-hybridized carbons (Fsp3) is 0.409. The molecule has 1 amide bonds. The predicted octanol–water partition coefficient (Wildman–Crippen LogP) is 2.60. The largest absolute Gasteiger partial charge is 0.339 e. The molecule has 2 aromatic rings. The number of para-hydroxylation sites is 1. The second kappa shape index (κ2) is 7.80. The van der Waals surface area contributed by atoms with E-state index in [0.29, 0.717) is 18.5 Å². The number of carbonyl (C=O) groups is 1. The molecule has 6 nitrogen and oxygen atoms in total. The lowest BCUT2D eigenvalue weighted by Gasteiger charge is -2.35. The van der Waals surface area contributed by atoms with E-state index in [9.17, 15) is 13.2 Å². The van der Waals surface area contributed by atoms with E-state index >= 15 is 0 Å². The van der Waals surface area contributed by atoms with Gasteiger partial charge in [0, 0.05) is 25.2 Å². The number of benzene rings is 2. The molecule has 4 rings (SSSR count). The number of likely N-dealkylation sites (tertiary alicyclic amines) is 1. The van der Waals surface area contributed by atoms with E-state index in [-0.39, 0.29) is 16.8 Å². The van der Waals surface area contributed by atoms with Crippen molar-refractivity contribution < 1.29 is 13.2 Å². The molecule has 0 radical (unpaired) electrons. The van der Waals surface area contributed by atoms with Gasteiger partial charge in [-0.3, -0.25) is 9.10 Å². The molecule has 2 heterocycles. The summed E-state index contributed by atoms with van der Waals surface area (Å²) in [6.45, 7) is 2.35. The number of piperidine rings is 1. The van der Waals surface area contributed by atoms with Crippen molar-refractivity contribution in [2.75, 3.05) is 38.0 Å². The first-order valence-corrected chi connectivity index (χ1v) is 11.5. The number of hydrogen-bond donors (Lipinski definition) is 0. The SMILES string of the molecule is CN1CCC(N(C)C(=O)c2cccc(S(=O)(=O)N3CCc4ccccc43)c2)CC1. The normalized spacial score (nSPS) is 17.9. The zero-order valence-corrected chi connectivity index (χ0v) is 17.7. The number of anilines is 1. The van der Waals surface area contributed by atoms with Crippen LogP contribution in [-0.4, -0.2) is 63.9 Å². The summed E-state index contributed by atoms with van der Waals surface area (Å²) in [5.74, 6) is -0.126. The van der Waals surface area contributed by atoms with Gasteiger partial charge in [-0.2, -0.15) is 0 Å². The molecule has 0 bridgehead atoms. The van der Waals surface area contributed by atoms with Crippen LogP contribution in [0.25, 0.3) is 0 Å². The maximum absolute atomic E-state index is 13.3. The second-order valence-electron chi connectivity index (χ2n) is 7.93. The van der Waals surface area contributed by atoms with E-state index in [2.05, 4.69) is 11.9 Å². The van der Waals surface area contributed by atoms with Gasteiger partial charge in [0.1, 0.15) is 0 Å². The van der Waals surface area contributed by atoms with Gasteiger partial charge >= 0.3 is 0 Å². The lowest BCUT2D eigenvalue weighted by molar-refractivity contribution is 0.0659. The Morgan fingerprint density at radius 3 is 2.52 bits per heavy atom. The number of fused-ring (bicyclic) bond motifs is 1. The van der Waals surface area contributed by atoms with Crippen LogP contribution in [0.1, 0.15) is 28.8 Å². The van der Waals surface area contributed by atoms with Gasteiger partial charge in [-0.25, -0.2) is 8.42 Å². The van der Waals surface area contributed by atoms with Gasteiger partial charge in [0.15, 0.2) is 0 Å². The average molecular weight is 414 g/mol. The Labute approximate surface area is 172 Å². The lowest BCUT2D eigenvalue weighted by atomic mass is 10.0. The van der Waals surface area contributed by atoms with E-state index in [1.807, 2.05) is 31.3 Å². The van der Waals surface area contributed by atoms with Gasteiger partial charge in [-0.05, 0) is 69.2 Å². The minimum Gasteiger partial charge on any atom is -0.339 e. The Bertz CT molecular complexity index is 1010. The molecule has 0 saturated carbocycles. The van der Waals surface area contributed by atoms with E-state index in [1.54, 1.807) is 23.1 Å². The topological polar surface area (TPSA) is 60.9 Å². The lowest BCUT2D eigenvalue weighted by Crippen LogP contribution is -2.44. The van der Waals surface area contributed by atoms with Crippen molar-refractivity contribution in [1.29, 1.82) is 0 Å². The van der Waals surface area contributed by atoms with Crippen LogP contribution >= 0.6 is 0 Å². The highest BCUT2D eigenvalue weighted by atomic mass is 32.2. The van der Waals surface area contributed by atoms with Crippen LogP contribution in [0.4, 0.5) is 5.69 Å². The molecular weight excluding hydrogens is 386 g/mol. The molecule has 2 aliphatic rings. The minimum atomic E-state index is -3.71. The third-order valence-corrected chi connectivity index (χ3v) is 7.88. The average Bonchev–Trinajstić information content (AvgIpc) is 3.18. The number of amides is 1. The summed E-state index contributed by atoms with van der Waals surface area (Å²) in [5, 5.41) is 0. The van der Waals surface area contributed by atoms with E-state index in [4.69, 9.17) is 0 Å². The van der Waals surface area contributed by atoms with Crippen molar-refractivity contribution in [3.63, 3.8) is 0 Å². The summed E-state index contributed by atoms with van der Waals surface area (Å²) in [4.78, 5) is 17.2. The molecule has 0 N–H and O–H groups in total. The quantitative estimate of drug-likeness (QED) is 0.773. The molecule has 7 heteroatoms. The van der Waals surface area contributed by atoms with Crippen LogP contribution in [-0.2, 0) is 16.4 Å². The fourth-order valence-corrected chi connectivity index (χ4v) is 5.78. The first-order chi connectivity index (χ1) is 13.9. The second-order valence-corrected chi connectivity index (χ2v) is 9.80. The Hall–Kier alpha value is -2.38. The third kappa shape index (κ3) is 3.76. The van der Waals surface area contributed by atoms with Crippen LogP contribution in [0.15, 0.2) is 53.4 Å². The molecule has 0 aromatic heterocycles. The molecule has 2 aliphatic heterocycles. The number of nitrogens with zero attached hydrogens (tertiary/aromatic N) is 3. The van der Waals surface area contributed by atoms with Crippen molar-refractivity contribution in [2.24, 2.45) is 0 Å². The predicted molar refractivity (Wildman–Crippen MR) is 114 cm³/mol. The molecule has 2 aromatic carbocycles. The summed E-state index contributed by atoms with van der Waals surface area (Å²) in [6, 6.07) is 14.2. The van der Waals surface area contributed by atoms with E-state index in [0.717, 1.165) is 37.2 Å². The summed E-state index contributed by atoms with van der Waals surface area (Å²) in [6.07, 6.45) is 2.56. The molecule has 0 spiro atoms. The van der Waals surface area contributed by atoms with E-state index in [1.165, 1.54) is 10.4 Å². The van der Waals surface area contributed by atoms with Gasteiger partial charge in [0.25, 0.3) is 15.9 Å². The van der Waals surface area contributed by atoms with Crippen molar-refractivity contribution in [1.82, 2.24) is 9.80 Å². The molecule has 1 saturated heterocycles. The molecule has 0 atom stereocenters. The van der Waals surface area contributed by atoms with Gasteiger partial charge in [-0.15, -0.1) is 0 Å². The van der Waals surface area contributed by atoms with Crippen molar-refractivity contribution in [2.45, 2.75) is 30.2 Å². The molecule has 154 valence electrons. The van der Waals surface area contributed by atoms with Crippen molar-refractivity contribution in [3.8, 4) is 0 Å². The number of hydrogen-bond acceptors (Lipinski definition) is 4. The molecule has 1 fully saturated rings. The molecule has 0 aliphatic carbocycles. The van der Waals surface area contributed by atoms with Crippen LogP contribution in [0.3, 0.4) is 0 Å². The highest BCUT2D eigenvalue weighted by Gasteiger charge is 2.31. The van der Waals surface area contributed by atoms with Gasteiger partial charge in [0.05, 0.1) is 10.6 Å². The first kappa shape index (κ1) is 19.9. The van der Waals surface area contributed by atoms with E-state index < -0.39 is 10.0 Å². The Morgan fingerprint density at radius 1 is 1.03 bits per heavy atom. The highest BCUT2D eigenvalue weighted by molar-refractivity contribution is 7.92. The number of sulfonamides is 1. The summed E-state index contributed by atoms with van der Waals surface area (Å²) >= 11 is 0. The van der Waals surface area contributed by atoms with Crippen LogP contribution < -0.4 is 4.31 Å². The van der Waals surface area contributed by atoms with Gasteiger partial charge < -0.3 is 9.80 Å². The van der Waals surface area contributed by atoms with Crippen molar-refractivity contribution in [3.05, 3.63) is 59.7 Å². The summed E-state index contributed by atoms with van der Waals surface area (Å²) < 4.78 is 28.0. The number of carbonyl (C=O) groups excluding carboxylic acids is 1. The standard InChI is InChI=1S/C22H27N3O3S/c1-23-13-11-19(12-14-23)24(2)22(26)18-7-5-8-20(16-18)29(27,28)25-15-10-17-6-3-4-9-21(17)25/h3-9,16,19H,10-15H2,1-2H3. The van der Waals surface area contributed by atoms with Crippen LogP contribution in [0.5, 0.6) is 0 Å². The third-order valence-electron chi connectivity index (χ3n) is 6.07. The fourth-order valence-electron chi connectivity index (χ4n) is 4.23. The number of rotatable bonds is 4. The first-order valence-electron chi connectivity index (χ1n) is 10.0. The van der Waals surface area contributed by atoms with Crippen molar-refractivity contribution >= 4 is 21.6 Å². The molecule has 0 unspecified atom stereocenters. The Morgan fingerprint density at radius 2 is 1.76 bits per heavy atom. The molecule has 29 heavy (non-hydrogen) atoms. The molecular formula is C22H27N3O3S. The smallest absolute Gasteiger partial charge is 0.264 e. The summed E-state index contributed by atoms with van der Waals surface area (Å²) in [7, 11) is 0.192. The Balaban J connectivity index is 1.58. The summed E-state index contributed by atoms with van der Waals surface area (Å²) in [5.41, 5.74) is 2.18. The zero-order valence-electron chi connectivity index (χ0n) is 16.9. The zero-order chi connectivity index (χ0) is 20.6. The minimum absolute atomic E-state index is 0.126. The Kier molecular flexibility index (Phi) is 5.36. The van der Waals surface area contributed by atoms with Crippen LogP contribution in [0.2, 0.25) is 0 Å². The monoisotopic (exact) mass is 413 g/mol.